The Bertz CT molecular complexity index is 661. The summed E-state index contributed by atoms with van der Waals surface area (Å²) in [6, 6.07) is 8.53. The maximum atomic E-state index is 12.4. The van der Waals surface area contributed by atoms with Crippen LogP contribution in [0.2, 0.25) is 0 Å². The van der Waals surface area contributed by atoms with E-state index in [-0.39, 0.29) is 11.9 Å². The molecule has 0 bridgehead atoms. The van der Waals surface area contributed by atoms with Gasteiger partial charge in [-0.1, -0.05) is 0 Å². The van der Waals surface area contributed by atoms with Crippen molar-refractivity contribution in [1.82, 2.24) is 14.9 Å². The van der Waals surface area contributed by atoms with Crippen LogP contribution in [0.15, 0.2) is 49.1 Å². The summed E-state index contributed by atoms with van der Waals surface area (Å²) in [5.74, 6) is 0.211. The summed E-state index contributed by atoms with van der Waals surface area (Å²) >= 11 is 0. The lowest BCUT2D eigenvalue weighted by molar-refractivity contribution is -0.117. The molecule has 5 heteroatoms. The fourth-order valence-corrected chi connectivity index (χ4v) is 3.68. The number of carbonyl (C=O) groups is 1. The third kappa shape index (κ3) is 2.27. The number of aromatic nitrogens is 2. The lowest BCUT2D eigenvalue weighted by atomic mass is 10.1. The Morgan fingerprint density at radius 3 is 2.73 bits per heavy atom. The van der Waals surface area contributed by atoms with Crippen LogP contribution in [0.1, 0.15) is 18.4 Å². The van der Waals surface area contributed by atoms with Crippen LogP contribution in [0.25, 0.3) is 0 Å². The Morgan fingerprint density at radius 1 is 1.09 bits per heavy atom. The topological polar surface area (TPSA) is 49.3 Å². The minimum Gasteiger partial charge on any atom is -0.306 e. The van der Waals surface area contributed by atoms with Crippen molar-refractivity contribution in [3.8, 4) is 0 Å². The van der Waals surface area contributed by atoms with E-state index in [0.717, 1.165) is 25.2 Å². The molecule has 5 nitrogen and oxygen atoms in total. The van der Waals surface area contributed by atoms with Crippen molar-refractivity contribution >= 4 is 11.6 Å². The van der Waals surface area contributed by atoms with Gasteiger partial charge in [0.15, 0.2) is 0 Å². The fraction of sp³-hybridized carbons (Fsp3) is 0.353. The number of amides is 1. The average Bonchev–Trinajstić information content (AvgIpc) is 3.08. The van der Waals surface area contributed by atoms with Gasteiger partial charge in [-0.3, -0.25) is 19.7 Å². The van der Waals surface area contributed by atoms with Crippen molar-refractivity contribution in [1.29, 1.82) is 0 Å². The number of hydrogen-bond donors (Lipinski definition) is 0. The van der Waals surface area contributed by atoms with Crippen LogP contribution >= 0.6 is 0 Å². The lowest BCUT2D eigenvalue weighted by Gasteiger charge is -2.25. The van der Waals surface area contributed by atoms with E-state index in [4.69, 9.17) is 0 Å². The molecule has 2 aliphatic rings. The van der Waals surface area contributed by atoms with Gasteiger partial charge in [0.1, 0.15) is 0 Å². The number of fused-ring (bicyclic) bond motifs is 1. The smallest absolute Gasteiger partial charge is 0.229 e. The summed E-state index contributed by atoms with van der Waals surface area (Å²) in [6.45, 7) is 1.92. The van der Waals surface area contributed by atoms with E-state index in [1.165, 1.54) is 5.56 Å². The van der Waals surface area contributed by atoms with Gasteiger partial charge in [0.05, 0.1) is 17.9 Å². The minimum atomic E-state index is 0.211. The molecule has 0 spiro atoms. The van der Waals surface area contributed by atoms with Crippen molar-refractivity contribution < 1.29 is 4.79 Å². The third-order valence-electron chi connectivity index (χ3n) is 4.67. The number of anilines is 1. The SMILES string of the molecule is O=C1C[C@@H]2[C@H](CCN2Cc2ccncc2)N1c1cccnc1. The highest BCUT2D eigenvalue weighted by Gasteiger charge is 2.47. The van der Waals surface area contributed by atoms with Gasteiger partial charge in [-0.05, 0) is 36.2 Å². The first-order valence-corrected chi connectivity index (χ1v) is 7.68. The molecule has 0 aromatic carbocycles. The zero-order valence-electron chi connectivity index (χ0n) is 12.3. The maximum absolute atomic E-state index is 12.4. The van der Waals surface area contributed by atoms with Crippen molar-refractivity contribution in [2.75, 3.05) is 11.4 Å². The van der Waals surface area contributed by atoms with Gasteiger partial charge in [0.2, 0.25) is 5.91 Å². The molecule has 1 amide bonds. The number of carbonyl (C=O) groups excluding carboxylic acids is 1. The molecular weight excluding hydrogens is 276 g/mol. The molecule has 0 unspecified atom stereocenters. The number of pyridine rings is 2. The number of hydrogen-bond acceptors (Lipinski definition) is 4. The summed E-state index contributed by atoms with van der Waals surface area (Å²) in [5, 5.41) is 0. The van der Waals surface area contributed by atoms with E-state index in [9.17, 15) is 4.79 Å². The molecule has 112 valence electrons. The largest absolute Gasteiger partial charge is 0.306 e. The molecule has 0 radical (unpaired) electrons. The Morgan fingerprint density at radius 2 is 1.95 bits per heavy atom. The van der Waals surface area contributed by atoms with Crippen LogP contribution < -0.4 is 4.90 Å². The highest BCUT2D eigenvalue weighted by Crippen LogP contribution is 2.36. The Kier molecular flexibility index (Phi) is 3.35. The summed E-state index contributed by atoms with van der Waals surface area (Å²) < 4.78 is 0. The molecule has 2 saturated heterocycles. The van der Waals surface area contributed by atoms with Crippen LogP contribution in [0.3, 0.4) is 0 Å². The van der Waals surface area contributed by atoms with Crippen LogP contribution in [-0.4, -0.2) is 39.4 Å². The highest BCUT2D eigenvalue weighted by molar-refractivity contribution is 5.97. The predicted molar refractivity (Wildman–Crippen MR) is 83.2 cm³/mol. The maximum Gasteiger partial charge on any atom is 0.229 e. The van der Waals surface area contributed by atoms with Gasteiger partial charge in [-0.15, -0.1) is 0 Å². The van der Waals surface area contributed by atoms with E-state index >= 15 is 0 Å². The van der Waals surface area contributed by atoms with Crippen molar-refractivity contribution in [2.45, 2.75) is 31.5 Å². The fourth-order valence-electron chi connectivity index (χ4n) is 3.68. The number of likely N-dealkylation sites (tertiary alicyclic amines) is 1. The van der Waals surface area contributed by atoms with Gasteiger partial charge >= 0.3 is 0 Å². The molecule has 4 rings (SSSR count). The highest BCUT2D eigenvalue weighted by atomic mass is 16.2. The van der Waals surface area contributed by atoms with Crippen LogP contribution in [0, 0.1) is 0 Å². The van der Waals surface area contributed by atoms with Gasteiger partial charge < -0.3 is 4.90 Å². The first kappa shape index (κ1) is 13.4. The number of rotatable bonds is 3. The molecule has 2 aromatic rings. The quantitative estimate of drug-likeness (QED) is 0.867. The normalized spacial score (nSPS) is 24.7. The Labute approximate surface area is 129 Å². The predicted octanol–water partition coefficient (Wildman–Crippen LogP) is 1.86. The van der Waals surface area contributed by atoms with Crippen molar-refractivity contribution in [3.63, 3.8) is 0 Å². The molecule has 4 heterocycles. The van der Waals surface area contributed by atoms with Gasteiger partial charge in [-0.25, -0.2) is 0 Å². The first-order chi connectivity index (χ1) is 10.8. The summed E-state index contributed by atoms with van der Waals surface area (Å²) in [6.07, 6.45) is 8.80. The Hall–Kier alpha value is -2.27. The Balaban J connectivity index is 1.54. The van der Waals surface area contributed by atoms with Crippen molar-refractivity contribution in [3.05, 3.63) is 54.6 Å². The van der Waals surface area contributed by atoms with Crippen molar-refractivity contribution in [2.24, 2.45) is 0 Å². The summed E-state index contributed by atoms with van der Waals surface area (Å²) in [4.78, 5) is 25.0. The molecule has 2 atom stereocenters. The van der Waals surface area contributed by atoms with E-state index in [0.29, 0.717) is 12.5 Å². The standard InChI is InChI=1S/C17H18N4O/c22-17-10-16-15(21(17)14-2-1-6-19-11-14)5-9-20(16)12-13-3-7-18-8-4-13/h1-4,6-8,11,15-16H,5,9-10,12H2/t15-,16+/m0/s1. The van der Waals surface area contributed by atoms with Gasteiger partial charge in [0.25, 0.3) is 0 Å². The lowest BCUT2D eigenvalue weighted by Crippen LogP contribution is -2.37. The molecular formula is C17H18N4O. The molecule has 22 heavy (non-hydrogen) atoms. The van der Waals surface area contributed by atoms with Crippen LogP contribution in [0.5, 0.6) is 0 Å². The third-order valence-corrected chi connectivity index (χ3v) is 4.67. The zero-order valence-corrected chi connectivity index (χ0v) is 12.3. The molecule has 2 aromatic heterocycles. The van der Waals surface area contributed by atoms with Gasteiger partial charge in [-0.2, -0.15) is 0 Å². The monoisotopic (exact) mass is 294 g/mol. The van der Waals surface area contributed by atoms with Crippen LogP contribution in [-0.2, 0) is 11.3 Å². The molecule has 2 aliphatic heterocycles. The van der Waals surface area contributed by atoms with E-state index in [2.05, 4.69) is 14.9 Å². The number of nitrogens with zero attached hydrogens (tertiary/aromatic N) is 4. The first-order valence-electron chi connectivity index (χ1n) is 7.68. The second-order valence-electron chi connectivity index (χ2n) is 5.93. The summed E-state index contributed by atoms with van der Waals surface area (Å²) in [5.41, 5.74) is 2.17. The molecule has 0 saturated carbocycles. The second kappa shape index (κ2) is 5.50. The zero-order chi connectivity index (χ0) is 14.9. The molecule has 0 aliphatic carbocycles. The molecule has 2 fully saturated rings. The van der Waals surface area contributed by atoms with Gasteiger partial charge in [0, 0.05) is 44.1 Å². The minimum absolute atomic E-state index is 0.211. The van der Waals surface area contributed by atoms with E-state index in [1.54, 1.807) is 12.4 Å². The molecule has 0 N–H and O–H groups in total. The second-order valence-corrected chi connectivity index (χ2v) is 5.93. The van der Waals surface area contributed by atoms with E-state index < -0.39 is 0 Å². The van der Waals surface area contributed by atoms with Crippen LogP contribution in [0.4, 0.5) is 5.69 Å². The summed E-state index contributed by atoms with van der Waals surface area (Å²) in [7, 11) is 0. The average molecular weight is 294 g/mol. The van der Waals surface area contributed by atoms with E-state index in [1.807, 2.05) is 41.6 Å².